The molecule has 176 valence electrons. The summed E-state index contributed by atoms with van der Waals surface area (Å²) in [5, 5.41) is 5.30. The summed E-state index contributed by atoms with van der Waals surface area (Å²) in [7, 11) is 1.57. The van der Waals surface area contributed by atoms with Crippen LogP contribution in [0.1, 0.15) is 15.9 Å². The van der Waals surface area contributed by atoms with Crippen molar-refractivity contribution in [3.63, 3.8) is 0 Å². The van der Waals surface area contributed by atoms with E-state index >= 15 is 0 Å². The van der Waals surface area contributed by atoms with E-state index in [0.717, 1.165) is 16.5 Å². The van der Waals surface area contributed by atoms with E-state index in [1.54, 1.807) is 37.4 Å². The summed E-state index contributed by atoms with van der Waals surface area (Å²) in [6.45, 7) is 0.425. The van der Waals surface area contributed by atoms with Crippen LogP contribution < -0.4 is 10.1 Å². The molecular formula is C26H17Cl3FN3O2. The molecule has 5 aromatic rings. The van der Waals surface area contributed by atoms with Crippen molar-refractivity contribution in [3.05, 3.63) is 98.9 Å². The first-order valence-electron chi connectivity index (χ1n) is 10.5. The SMILES string of the molecule is COc1ccc(C(=O)Nc2ncc(Cl)cc2Cl)c2c3cc(Cl)ccc3n(Cc3ccc(F)cc3)c12. The van der Waals surface area contributed by atoms with Gasteiger partial charge in [0.15, 0.2) is 5.82 Å². The summed E-state index contributed by atoms with van der Waals surface area (Å²) in [6.07, 6.45) is 1.40. The number of rotatable bonds is 5. The third-order valence-electron chi connectivity index (χ3n) is 5.69. The molecule has 35 heavy (non-hydrogen) atoms. The molecule has 5 rings (SSSR count). The van der Waals surface area contributed by atoms with Crippen LogP contribution in [-0.2, 0) is 6.54 Å². The minimum absolute atomic E-state index is 0.193. The molecule has 0 unspecified atom stereocenters. The number of aromatic nitrogens is 2. The number of carbonyl (C=O) groups is 1. The van der Waals surface area contributed by atoms with E-state index in [1.165, 1.54) is 24.4 Å². The smallest absolute Gasteiger partial charge is 0.257 e. The molecule has 2 aromatic heterocycles. The standard InChI is InChI=1S/C26H17Cl3FN3O2/c1-35-22-9-7-18(26(34)32-25-20(29)11-16(28)12-31-25)23-19-10-15(27)4-8-21(19)33(24(22)23)13-14-2-5-17(30)6-3-14/h2-12H,13H2,1H3,(H,31,32,34). The Balaban J connectivity index is 1.73. The third kappa shape index (κ3) is 4.41. The predicted octanol–water partition coefficient (Wildman–Crippen LogP) is 7.60. The number of methoxy groups -OCH3 is 1. The average molecular weight is 529 g/mol. The van der Waals surface area contributed by atoms with Crippen LogP contribution >= 0.6 is 34.8 Å². The number of carbonyl (C=O) groups excluding carboxylic acids is 1. The first-order valence-corrected chi connectivity index (χ1v) is 11.6. The van der Waals surface area contributed by atoms with E-state index in [0.29, 0.717) is 38.8 Å². The highest BCUT2D eigenvalue weighted by molar-refractivity contribution is 6.36. The summed E-state index contributed by atoms with van der Waals surface area (Å²) < 4.78 is 21.2. The normalized spacial score (nSPS) is 11.2. The van der Waals surface area contributed by atoms with Crippen molar-refractivity contribution >= 4 is 68.3 Å². The Morgan fingerprint density at radius 2 is 1.80 bits per heavy atom. The van der Waals surface area contributed by atoms with Gasteiger partial charge in [0.05, 0.1) is 28.2 Å². The topological polar surface area (TPSA) is 56.1 Å². The van der Waals surface area contributed by atoms with E-state index < -0.39 is 5.91 Å². The van der Waals surface area contributed by atoms with Crippen molar-refractivity contribution in [1.29, 1.82) is 0 Å². The Morgan fingerprint density at radius 1 is 1.03 bits per heavy atom. The molecule has 0 spiro atoms. The van der Waals surface area contributed by atoms with Crippen LogP contribution in [0, 0.1) is 5.82 Å². The summed E-state index contributed by atoms with van der Waals surface area (Å²) in [5.74, 6) is 0.0516. The number of benzene rings is 3. The van der Waals surface area contributed by atoms with E-state index in [4.69, 9.17) is 39.5 Å². The van der Waals surface area contributed by atoms with Crippen LogP contribution in [0.3, 0.4) is 0 Å². The lowest BCUT2D eigenvalue weighted by molar-refractivity contribution is 0.102. The van der Waals surface area contributed by atoms with E-state index in [1.807, 2.05) is 16.7 Å². The molecule has 0 saturated carbocycles. The zero-order chi connectivity index (χ0) is 24.7. The van der Waals surface area contributed by atoms with Crippen LogP contribution in [0.25, 0.3) is 21.8 Å². The van der Waals surface area contributed by atoms with Crippen molar-refractivity contribution in [2.75, 3.05) is 12.4 Å². The van der Waals surface area contributed by atoms with Gasteiger partial charge in [-0.1, -0.05) is 46.9 Å². The number of hydrogen-bond acceptors (Lipinski definition) is 3. The second-order valence-electron chi connectivity index (χ2n) is 7.85. The Labute approximate surface area is 215 Å². The quantitative estimate of drug-likeness (QED) is 0.256. The number of fused-ring (bicyclic) bond motifs is 3. The molecule has 0 radical (unpaired) electrons. The summed E-state index contributed by atoms with van der Waals surface area (Å²) in [6, 6.07) is 16.7. The van der Waals surface area contributed by atoms with Crippen molar-refractivity contribution in [1.82, 2.24) is 9.55 Å². The summed E-state index contributed by atoms with van der Waals surface area (Å²) in [5.41, 5.74) is 2.82. The maximum atomic E-state index is 13.5. The largest absolute Gasteiger partial charge is 0.495 e. The molecule has 0 aliphatic rings. The lowest BCUT2D eigenvalue weighted by Gasteiger charge is -2.13. The van der Waals surface area contributed by atoms with Gasteiger partial charge in [-0.05, 0) is 54.1 Å². The fraction of sp³-hybridized carbons (Fsp3) is 0.0769. The number of pyridine rings is 1. The van der Waals surface area contributed by atoms with Gasteiger partial charge >= 0.3 is 0 Å². The molecule has 0 aliphatic heterocycles. The van der Waals surface area contributed by atoms with Crippen LogP contribution in [-0.4, -0.2) is 22.6 Å². The van der Waals surface area contributed by atoms with Crippen molar-refractivity contribution in [2.45, 2.75) is 6.54 Å². The number of halogens is 4. The Kier molecular flexibility index (Phi) is 6.28. The zero-order valence-electron chi connectivity index (χ0n) is 18.3. The fourth-order valence-electron chi connectivity index (χ4n) is 4.15. The molecule has 0 aliphatic carbocycles. The van der Waals surface area contributed by atoms with Gasteiger partial charge in [0.25, 0.3) is 5.91 Å². The van der Waals surface area contributed by atoms with Crippen LogP contribution in [0.2, 0.25) is 15.1 Å². The van der Waals surface area contributed by atoms with Gasteiger partial charge in [0, 0.05) is 34.1 Å². The first kappa shape index (κ1) is 23.4. The highest BCUT2D eigenvalue weighted by Crippen LogP contribution is 2.39. The lowest BCUT2D eigenvalue weighted by atomic mass is 10.0. The van der Waals surface area contributed by atoms with Gasteiger partial charge in [-0.15, -0.1) is 0 Å². The van der Waals surface area contributed by atoms with Crippen molar-refractivity contribution in [2.24, 2.45) is 0 Å². The minimum atomic E-state index is -0.407. The van der Waals surface area contributed by atoms with Crippen molar-refractivity contribution in [3.8, 4) is 5.75 Å². The Morgan fingerprint density at radius 3 is 2.51 bits per heavy atom. The van der Waals surface area contributed by atoms with E-state index in [-0.39, 0.29) is 16.7 Å². The van der Waals surface area contributed by atoms with E-state index in [9.17, 15) is 9.18 Å². The number of hydrogen-bond donors (Lipinski definition) is 1. The fourth-order valence-corrected chi connectivity index (χ4v) is 4.75. The molecule has 2 heterocycles. The molecule has 1 amide bonds. The van der Waals surface area contributed by atoms with Gasteiger partial charge in [-0.2, -0.15) is 0 Å². The second-order valence-corrected chi connectivity index (χ2v) is 9.13. The minimum Gasteiger partial charge on any atom is -0.495 e. The number of ether oxygens (including phenoxy) is 1. The van der Waals surface area contributed by atoms with Crippen LogP contribution in [0.4, 0.5) is 10.2 Å². The highest BCUT2D eigenvalue weighted by Gasteiger charge is 2.22. The van der Waals surface area contributed by atoms with Gasteiger partial charge in [0.2, 0.25) is 0 Å². The van der Waals surface area contributed by atoms with Crippen LogP contribution in [0.15, 0.2) is 66.9 Å². The lowest BCUT2D eigenvalue weighted by Crippen LogP contribution is -2.14. The summed E-state index contributed by atoms with van der Waals surface area (Å²) in [4.78, 5) is 17.6. The number of nitrogens with one attached hydrogen (secondary N) is 1. The second kappa shape index (κ2) is 9.38. The predicted molar refractivity (Wildman–Crippen MR) is 139 cm³/mol. The molecule has 0 atom stereocenters. The van der Waals surface area contributed by atoms with Gasteiger partial charge in [0.1, 0.15) is 11.6 Å². The monoisotopic (exact) mass is 527 g/mol. The number of amides is 1. The maximum Gasteiger partial charge on any atom is 0.257 e. The highest BCUT2D eigenvalue weighted by atomic mass is 35.5. The summed E-state index contributed by atoms with van der Waals surface area (Å²) >= 11 is 18.5. The van der Waals surface area contributed by atoms with Gasteiger partial charge in [-0.3, -0.25) is 4.79 Å². The number of anilines is 1. The molecular weight excluding hydrogens is 512 g/mol. The number of nitrogens with zero attached hydrogens (tertiary/aromatic N) is 2. The van der Waals surface area contributed by atoms with Crippen LogP contribution in [0.5, 0.6) is 5.75 Å². The van der Waals surface area contributed by atoms with Gasteiger partial charge < -0.3 is 14.6 Å². The Bertz CT molecular complexity index is 1600. The molecule has 0 bridgehead atoms. The maximum absolute atomic E-state index is 13.5. The molecule has 9 heteroatoms. The van der Waals surface area contributed by atoms with Gasteiger partial charge in [-0.25, -0.2) is 9.37 Å². The Hall–Kier alpha value is -3.32. The molecule has 0 saturated heterocycles. The third-order valence-corrected chi connectivity index (χ3v) is 6.42. The first-order chi connectivity index (χ1) is 16.9. The molecule has 0 fully saturated rings. The molecule has 5 nitrogen and oxygen atoms in total. The van der Waals surface area contributed by atoms with E-state index in [2.05, 4.69) is 10.3 Å². The average Bonchev–Trinajstić information content (AvgIpc) is 3.15. The van der Waals surface area contributed by atoms with Crippen molar-refractivity contribution < 1.29 is 13.9 Å². The molecule has 3 aromatic carbocycles. The zero-order valence-corrected chi connectivity index (χ0v) is 20.5. The molecule has 1 N–H and O–H groups in total.